The Morgan fingerprint density at radius 1 is 1.05 bits per heavy atom. The van der Waals surface area contributed by atoms with Crippen LogP contribution in [0, 0.1) is 0 Å². The number of ether oxygens (including phenoxy) is 2. The van der Waals surface area contributed by atoms with Crippen molar-refractivity contribution < 1.29 is 19.1 Å². The van der Waals surface area contributed by atoms with Crippen molar-refractivity contribution >= 4 is 46.9 Å². The van der Waals surface area contributed by atoms with Crippen molar-refractivity contribution in [3.63, 3.8) is 0 Å². The third kappa shape index (κ3) is 6.15. The van der Waals surface area contributed by atoms with E-state index in [2.05, 4.69) is 5.32 Å². The van der Waals surface area contributed by atoms with E-state index in [-0.39, 0.29) is 37.3 Å². The van der Waals surface area contributed by atoms with Gasteiger partial charge in [-0.15, -0.1) is 0 Å². The molecule has 8 nitrogen and oxygen atoms in total. The molecule has 0 bridgehead atoms. The lowest BCUT2D eigenvalue weighted by Crippen LogP contribution is -2.37. The van der Waals surface area contributed by atoms with E-state index >= 15 is 0 Å². The highest BCUT2D eigenvalue weighted by atomic mass is 35.5. The highest BCUT2D eigenvalue weighted by Crippen LogP contribution is 2.36. The van der Waals surface area contributed by atoms with Crippen molar-refractivity contribution in [2.75, 3.05) is 20.3 Å². The van der Waals surface area contributed by atoms with Gasteiger partial charge < -0.3 is 14.8 Å². The molecule has 0 radical (unpaired) electrons. The topological polar surface area (TPSA) is 85.7 Å². The van der Waals surface area contributed by atoms with Gasteiger partial charge in [-0.25, -0.2) is 9.48 Å². The Labute approximate surface area is 254 Å². The molecule has 42 heavy (non-hydrogen) atoms. The smallest absolute Gasteiger partial charge is 0.410 e. The van der Waals surface area contributed by atoms with Gasteiger partial charge in [-0.3, -0.25) is 9.69 Å². The second-order valence-electron chi connectivity index (χ2n) is 9.79. The first-order valence-corrected chi connectivity index (χ1v) is 14.2. The average Bonchev–Trinajstić information content (AvgIpc) is 3.38. The van der Waals surface area contributed by atoms with Gasteiger partial charge in [-0.1, -0.05) is 65.7 Å². The number of nitrogens with zero attached hydrogens (tertiary/aromatic N) is 3. The SMILES string of the molecule is CCOC(=O)N1C/C(=C\c2ccc(OC)cc2)c2c(c(C(=O)N[C@H](C)c3ccccc3)nn2-c2ccc(Cl)cc2Cl)C1. The number of amides is 2. The zero-order valence-electron chi connectivity index (χ0n) is 23.4. The summed E-state index contributed by atoms with van der Waals surface area (Å²) in [6.45, 7) is 4.25. The fraction of sp³-hybridized carbons (Fsp3) is 0.219. The van der Waals surface area contributed by atoms with Crippen molar-refractivity contribution in [1.29, 1.82) is 0 Å². The summed E-state index contributed by atoms with van der Waals surface area (Å²) in [5, 5.41) is 8.70. The number of hydrogen-bond donors (Lipinski definition) is 1. The van der Waals surface area contributed by atoms with Gasteiger partial charge in [0, 0.05) is 10.6 Å². The maximum absolute atomic E-state index is 13.8. The number of methoxy groups -OCH3 is 1. The van der Waals surface area contributed by atoms with Crippen LogP contribution in [0.1, 0.15) is 52.8 Å². The summed E-state index contributed by atoms with van der Waals surface area (Å²) in [5.41, 5.74) is 4.58. The van der Waals surface area contributed by atoms with Crippen LogP contribution in [0.5, 0.6) is 5.75 Å². The van der Waals surface area contributed by atoms with Gasteiger partial charge in [0.25, 0.3) is 5.91 Å². The molecular formula is C32H30Cl2N4O4. The first-order chi connectivity index (χ1) is 20.3. The molecule has 1 N–H and O–H groups in total. The molecule has 5 rings (SSSR count). The van der Waals surface area contributed by atoms with E-state index in [4.69, 9.17) is 37.8 Å². The average molecular weight is 606 g/mol. The summed E-state index contributed by atoms with van der Waals surface area (Å²) in [6, 6.07) is 22.0. The van der Waals surface area contributed by atoms with E-state index in [1.807, 2.05) is 67.6 Å². The predicted molar refractivity (Wildman–Crippen MR) is 164 cm³/mol. The molecule has 0 aliphatic carbocycles. The number of rotatable bonds is 7. The maximum Gasteiger partial charge on any atom is 0.410 e. The van der Waals surface area contributed by atoms with Crippen LogP contribution < -0.4 is 10.1 Å². The molecule has 0 fully saturated rings. The fourth-order valence-corrected chi connectivity index (χ4v) is 5.40. The third-order valence-corrected chi connectivity index (χ3v) is 7.52. The molecule has 3 aromatic carbocycles. The second-order valence-corrected chi connectivity index (χ2v) is 10.6. The van der Waals surface area contributed by atoms with Crippen molar-refractivity contribution in [1.82, 2.24) is 20.0 Å². The summed E-state index contributed by atoms with van der Waals surface area (Å²) in [7, 11) is 1.61. The molecule has 0 unspecified atom stereocenters. The molecule has 2 heterocycles. The number of nitrogens with one attached hydrogen (secondary N) is 1. The van der Waals surface area contributed by atoms with Crippen LogP contribution in [0.15, 0.2) is 72.8 Å². The number of fused-ring (bicyclic) bond motifs is 1. The normalized spacial score (nSPS) is 14.3. The number of halogens is 2. The van der Waals surface area contributed by atoms with Crippen LogP contribution in [-0.2, 0) is 11.3 Å². The largest absolute Gasteiger partial charge is 0.497 e. The van der Waals surface area contributed by atoms with Gasteiger partial charge >= 0.3 is 6.09 Å². The van der Waals surface area contributed by atoms with Crippen molar-refractivity contribution in [3.05, 3.63) is 111 Å². The Hall–Kier alpha value is -4.27. The molecule has 0 saturated heterocycles. The lowest BCUT2D eigenvalue weighted by Gasteiger charge is -2.29. The monoisotopic (exact) mass is 604 g/mol. The summed E-state index contributed by atoms with van der Waals surface area (Å²) >= 11 is 12.9. The number of carbonyl (C=O) groups excluding carboxylic acids is 2. The minimum absolute atomic E-state index is 0.127. The molecule has 2 amide bonds. The lowest BCUT2D eigenvalue weighted by atomic mass is 9.97. The molecule has 1 aliphatic heterocycles. The van der Waals surface area contributed by atoms with Gasteiger partial charge in [-0.2, -0.15) is 5.10 Å². The molecule has 1 aromatic heterocycles. The Bertz CT molecular complexity index is 1630. The van der Waals surface area contributed by atoms with Crippen molar-refractivity contribution in [3.8, 4) is 11.4 Å². The predicted octanol–water partition coefficient (Wildman–Crippen LogP) is 7.19. The van der Waals surface area contributed by atoms with Gasteiger partial charge in [0.1, 0.15) is 5.75 Å². The van der Waals surface area contributed by atoms with Crippen LogP contribution in [0.4, 0.5) is 4.79 Å². The number of aromatic nitrogens is 2. The summed E-state index contributed by atoms with van der Waals surface area (Å²) in [6.07, 6.45) is 1.48. The molecule has 0 spiro atoms. The van der Waals surface area contributed by atoms with E-state index in [1.165, 1.54) is 0 Å². The van der Waals surface area contributed by atoms with Crippen LogP contribution >= 0.6 is 23.2 Å². The van der Waals surface area contributed by atoms with E-state index in [9.17, 15) is 9.59 Å². The number of hydrogen-bond acceptors (Lipinski definition) is 5. The number of benzene rings is 3. The highest BCUT2D eigenvalue weighted by Gasteiger charge is 2.34. The van der Waals surface area contributed by atoms with Crippen molar-refractivity contribution in [2.45, 2.75) is 26.4 Å². The summed E-state index contributed by atoms with van der Waals surface area (Å²) in [5.74, 6) is 0.347. The van der Waals surface area contributed by atoms with E-state index in [1.54, 1.807) is 41.8 Å². The van der Waals surface area contributed by atoms with Gasteiger partial charge in [-0.05, 0) is 67.0 Å². The molecule has 0 saturated carbocycles. The summed E-state index contributed by atoms with van der Waals surface area (Å²) in [4.78, 5) is 28.4. The molecule has 1 atom stereocenters. The molecular weight excluding hydrogens is 575 g/mol. The number of carbonyl (C=O) groups is 2. The molecule has 4 aromatic rings. The fourth-order valence-electron chi connectivity index (χ4n) is 4.92. The second kappa shape index (κ2) is 12.7. The third-order valence-electron chi connectivity index (χ3n) is 6.98. The molecule has 10 heteroatoms. The first kappa shape index (κ1) is 29.2. The standard InChI is InChI=1S/C32H30Cl2N4O4/c1-4-42-32(40)37-18-23(16-21-10-13-25(41-3)14-11-21)30-26(19-37)29(31(39)35-20(2)22-8-6-5-7-9-22)36-38(30)28-15-12-24(33)17-27(28)34/h5-17,20H,4,18-19H2,1-3H3,(H,35,39)/b23-16+/t20-/m1/s1. The quantitative estimate of drug-likeness (QED) is 0.241. The highest BCUT2D eigenvalue weighted by molar-refractivity contribution is 6.35. The van der Waals surface area contributed by atoms with E-state index < -0.39 is 6.09 Å². The minimum Gasteiger partial charge on any atom is -0.497 e. The Morgan fingerprint density at radius 2 is 1.79 bits per heavy atom. The van der Waals surface area contributed by atoms with E-state index in [0.717, 1.165) is 22.4 Å². The van der Waals surface area contributed by atoms with Crippen molar-refractivity contribution in [2.24, 2.45) is 0 Å². The molecule has 1 aliphatic rings. The summed E-state index contributed by atoms with van der Waals surface area (Å²) < 4.78 is 12.3. The van der Waals surface area contributed by atoms with E-state index in [0.29, 0.717) is 27.0 Å². The van der Waals surface area contributed by atoms with Crippen LogP contribution in [-0.4, -0.2) is 46.9 Å². The van der Waals surface area contributed by atoms with Gasteiger partial charge in [0.05, 0.1) is 49.3 Å². The Kier molecular flexibility index (Phi) is 8.85. The lowest BCUT2D eigenvalue weighted by molar-refractivity contribution is 0.0926. The zero-order valence-corrected chi connectivity index (χ0v) is 24.9. The maximum atomic E-state index is 13.8. The van der Waals surface area contributed by atoms with Gasteiger partial charge in [0.15, 0.2) is 5.69 Å². The first-order valence-electron chi connectivity index (χ1n) is 13.5. The zero-order chi connectivity index (χ0) is 29.8. The van der Waals surface area contributed by atoms with Gasteiger partial charge in [0.2, 0.25) is 0 Å². The van der Waals surface area contributed by atoms with Crippen LogP contribution in [0.2, 0.25) is 10.0 Å². The minimum atomic E-state index is -0.481. The Morgan fingerprint density at radius 3 is 2.45 bits per heavy atom. The molecule has 216 valence electrons. The van der Waals surface area contributed by atoms with Crippen LogP contribution in [0.3, 0.4) is 0 Å². The van der Waals surface area contributed by atoms with Crippen LogP contribution in [0.25, 0.3) is 17.3 Å². The Balaban J connectivity index is 1.67.